The van der Waals surface area contributed by atoms with Gasteiger partial charge in [0.2, 0.25) is 0 Å². The molecule has 0 aromatic carbocycles. The zero-order valence-corrected chi connectivity index (χ0v) is 13.9. The van der Waals surface area contributed by atoms with Crippen molar-refractivity contribution < 1.29 is 13.2 Å². The second kappa shape index (κ2) is 6.14. The summed E-state index contributed by atoms with van der Waals surface area (Å²) in [7, 11) is 0. The highest BCUT2D eigenvalue weighted by atomic mass is 32.1. The van der Waals surface area contributed by atoms with E-state index in [2.05, 4.69) is 19.9 Å². The van der Waals surface area contributed by atoms with Crippen LogP contribution in [0.25, 0.3) is 10.2 Å². The van der Waals surface area contributed by atoms with Gasteiger partial charge in [0.25, 0.3) is 0 Å². The molecule has 1 aliphatic rings. The predicted molar refractivity (Wildman–Crippen MR) is 91.1 cm³/mol. The Kier molecular flexibility index (Phi) is 3.95. The number of hydrogen-bond acceptors (Lipinski definition) is 6. The lowest BCUT2D eigenvalue weighted by atomic mass is 10.2. The normalized spacial score (nSPS) is 15.8. The average Bonchev–Trinajstić information content (AvgIpc) is 3.05. The quantitative estimate of drug-likeness (QED) is 0.696. The van der Waals surface area contributed by atoms with E-state index in [-0.39, 0.29) is 0 Å². The lowest BCUT2D eigenvalue weighted by Crippen LogP contribution is -2.46. The number of halogens is 3. The van der Waals surface area contributed by atoms with Crippen LogP contribution in [-0.2, 0) is 6.18 Å². The summed E-state index contributed by atoms with van der Waals surface area (Å²) in [6, 6.07) is 4.45. The third kappa shape index (κ3) is 3.23. The van der Waals surface area contributed by atoms with E-state index >= 15 is 0 Å². The molecule has 0 N–H and O–H groups in total. The Morgan fingerprint density at radius 1 is 0.960 bits per heavy atom. The molecule has 25 heavy (non-hydrogen) atoms. The maximum Gasteiger partial charge on any atom is 0.417 e. The molecule has 1 saturated heterocycles. The van der Waals surface area contributed by atoms with Crippen molar-refractivity contribution in [2.45, 2.75) is 6.18 Å². The molecule has 3 aromatic heterocycles. The Labute approximate surface area is 145 Å². The van der Waals surface area contributed by atoms with Gasteiger partial charge in [-0.25, -0.2) is 9.97 Å². The summed E-state index contributed by atoms with van der Waals surface area (Å²) in [5.41, 5.74) is 0.160. The number of nitrogens with zero attached hydrogens (tertiary/aromatic N) is 5. The van der Waals surface area contributed by atoms with Gasteiger partial charge < -0.3 is 9.80 Å². The van der Waals surface area contributed by atoms with Crippen molar-refractivity contribution in [3.05, 3.63) is 42.4 Å². The lowest BCUT2D eigenvalue weighted by Gasteiger charge is -2.35. The number of fused-ring (bicyclic) bond motifs is 1. The fourth-order valence-corrected chi connectivity index (χ4v) is 3.75. The number of hydrogen-bond donors (Lipinski definition) is 0. The van der Waals surface area contributed by atoms with Crippen LogP contribution in [0, 0.1) is 0 Å². The number of alkyl halides is 3. The molecule has 0 atom stereocenters. The number of piperazine rings is 1. The van der Waals surface area contributed by atoms with Crippen molar-refractivity contribution in [1.29, 1.82) is 0 Å². The monoisotopic (exact) mass is 365 g/mol. The van der Waals surface area contributed by atoms with Crippen molar-refractivity contribution in [2.75, 3.05) is 36.0 Å². The largest absolute Gasteiger partial charge is 0.417 e. The van der Waals surface area contributed by atoms with Gasteiger partial charge >= 0.3 is 6.18 Å². The van der Waals surface area contributed by atoms with E-state index in [4.69, 9.17) is 0 Å². The molecule has 1 aliphatic heterocycles. The van der Waals surface area contributed by atoms with Crippen molar-refractivity contribution in [1.82, 2.24) is 15.0 Å². The number of anilines is 2. The summed E-state index contributed by atoms with van der Waals surface area (Å²) in [5, 5.41) is 0.947. The van der Waals surface area contributed by atoms with Crippen LogP contribution in [0.1, 0.15) is 5.56 Å². The molecule has 0 unspecified atom stereocenters. The smallest absolute Gasteiger partial charge is 0.353 e. The van der Waals surface area contributed by atoms with E-state index in [1.807, 2.05) is 11.0 Å². The minimum Gasteiger partial charge on any atom is -0.353 e. The first-order valence-electron chi connectivity index (χ1n) is 7.74. The summed E-state index contributed by atoms with van der Waals surface area (Å²) in [5.74, 6) is 0.571. The van der Waals surface area contributed by atoms with Crippen molar-refractivity contribution in [3.8, 4) is 0 Å². The molecule has 4 rings (SSSR count). The maximum absolute atomic E-state index is 12.6. The molecule has 4 heterocycles. The summed E-state index contributed by atoms with van der Waals surface area (Å²) in [6.45, 7) is 2.87. The number of aromatic nitrogens is 3. The number of rotatable bonds is 2. The van der Waals surface area contributed by atoms with Gasteiger partial charge in [-0.05, 0) is 18.2 Å². The van der Waals surface area contributed by atoms with Crippen LogP contribution in [0.4, 0.5) is 24.1 Å². The summed E-state index contributed by atoms with van der Waals surface area (Å²) in [6.07, 6.45) is 0.0321. The van der Waals surface area contributed by atoms with E-state index in [0.717, 1.165) is 40.7 Å². The highest BCUT2D eigenvalue weighted by molar-refractivity contribution is 7.22. The Bertz CT molecular complexity index is 836. The number of pyridine rings is 2. The van der Waals surface area contributed by atoms with E-state index in [1.54, 1.807) is 23.7 Å². The summed E-state index contributed by atoms with van der Waals surface area (Å²) < 4.78 is 38.9. The molecule has 9 heteroatoms. The highest BCUT2D eigenvalue weighted by Crippen LogP contribution is 2.31. The molecule has 0 amide bonds. The first-order valence-corrected chi connectivity index (χ1v) is 8.56. The standard InChI is InChI=1S/C16H14F3N5S/c17-16(18,19)11-1-2-14(21-9-11)23-5-7-24(8-6-23)15-22-12-10-20-4-3-13(12)25-15/h1-4,9-10H,5-8H2. The van der Waals surface area contributed by atoms with Crippen molar-refractivity contribution >= 4 is 32.5 Å². The van der Waals surface area contributed by atoms with Gasteiger partial charge in [0.1, 0.15) is 11.3 Å². The number of thiazole rings is 1. The summed E-state index contributed by atoms with van der Waals surface area (Å²) >= 11 is 1.62. The van der Waals surface area contributed by atoms with Gasteiger partial charge in [0.05, 0.1) is 16.5 Å². The molecule has 5 nitrogen and oxygen atoms in total. The van der Waals surface area contributed by atoms with Crippen LogP contribution in [0.2, 0.25) is 0 Å². The van der Waals surface area contributed by atoms with Gasteiger partial charge in [0, 0.05) is 38.6 Å². The van der Waals surface area contributed by atoms with Crippen molar-refractivity contribution in [3.63, 3.8) is 0 Å². The van der Waals surface area contributed by atoms with Gasteiger partial charge in [-0.15, -0.1) is 0 Å². The van der Waals surface area contributed by atoms with Gasteiger partial charge in [-0.1, -0.05) is 11.3 Å². The lowest BCUT2D eigenvalue weighted by molar-refractivity contribution is -0.137. The molecule has 1 fully saturated rings. The minimum atomic E-state index is -4.36. The molecule has 0 saturated carbocycles. The van der Waals surface area contributed by atoms with Gasteiger partial charge in [-0.2, -0.15) is 13.2 Å². The molecule has 130 valence electrons. The van der Waals surface area contributed by atoms with Gasteiger partial charge in [0.15, 0.2) is 5.13 Å². The fraction of sp³-hybridized carbons (Fsp3) is 0.312. The molecule has 0 spiro atoms. The fourth-order valence-electron chi connectivity index (χ4n) is 2.77. The first-order chi connectivity index (χ1) is 12.0. The molecular formula is C16H14F3N5S. The minimum absolute atomic E-state index is 0.571. The Hall–Kier alpha value is -2.42. The molecule has 3 aromatic rings. The van der Waals surface area contributed by atoms with Crippen LogP contribution >= 0.6 is 11.3 Å². The predicted octanol–water partition coefficient (Wildman–Crippen LogP) is 3.43. The first kappa shape index (κ1) is 16.1. The van der Waals surface area contributed by atoms with E-state index in [1.165, 1.54) is 6.07 Å². The molecule has 0 radical (unpaired) electrons. The Morgan fingerprint density at radius 2 is 1.72 bits per heavy atom. The van der Waals surface area contributed by atoms with Crippen LogP contribution in [-0.4, -0.2) is 41.1 Å². The zero-order valence-electron chi connectivity index (χ0n) is 13.1. The van der Waals surface area contributed by atoms with Crippen molar-refractivity contribution in [2.24, 2.45) is 0 Å². The molecular weight excluding hydrogens is 351 g/mol. The second-order valence-electron chi connectivity index (χ2n) is 5.72. The zero-order chi connectivity index (χ0) is 17.4. The van der Waals surface area contributed by atoms with E-state index < -0.39 is 11.7 Å². The molecule has 0 aliphatic carbocycles. The highest BCUT2D eigenvalue weighted by Gasteiger charge is 2.31. The van der Waals surface area contributed by atoms with Crippen LogP contribution in [0.3, 0.4) is 0 Å². The van der Waals surface area contributed by atoms with E-state index in [9.17, 15) is 13.2 Å². The summed E-state index contributed by atoms with van der Waals surface area (Å²) in [4.78, 5) is 16.8. The van der Waals surface area contributed by atoms with Crippen LogP contribution in [0.5, 0.6) is 0 Å². The third-order valence-electron chi connectivity index (χ3n) is 4.13. The van der Waals surface area contributed by atoms with Crippen LogP contribution in [0.15, 0.2) is 36.8 Å². The average molecular weight is 365 g/mol. The maximum atomic E-state index is 12.6. The SMILES string of the molecule is FC(F)(F)c1ccc(N2CCN(c3nc4cnccc4s3)CC2)nc1. The molecule has 0 bridgehead atoms. The Morgan fingerprint density at radius 3 is 2.36 bits per heavy atom. The third-order valence-corrected chi connectivity index (χ3v) is 5.23. The Balaban J connectivity index is 1.44. The van der Waals surface area contributed by atoms with Gasteiger partial charge in [-0.3, -0.25) is 4.98 Å². The topological polar surface area (TPSA) is 45.2 Å². The van der Waals surface area contributed by atoms with Crippen LogP contribution < -0.4 is 9.80 Å². The second-order valence-corrected chi connectivity index (χ2v) is 6.73. The van der Waals surface area contributed by atoms with E-state index in [0.29, 0.717) is 18.9 Å².